The Morgan fingerprint density at radius 2 is 1.77 bits per heavy atom. The first kappa shape index (κ1) is 22.5. The summed E-state index contributed by atoms with van der Waals surface area (Å²) in [4.78, 5) is 41.6. The second-order valence-electron chi connectivity index (χ2n) is 9.05. The maximum atomic E-state index is 13.5. The predicted molar refractivity (Wildman–Crippen MR) is 125 cm³/mol. The van der Waals surface area contributed by atoms with Crippen LogP contribution in [0.5, 0.6) is 5.75 Å². The standard InChI is InChI=1S/C26H22N2O7/c27-25(34)21-18(30)11-15-9-14-10-16-13(2-1-12-5-7-28-8-6-12)3-4-17(29)20(16)22(31)19(14)23(32)26(15,35)24(21)33/h1-8,14-15,29,31,33,35H,9-11H2,(H2,27,34)/b2-1+. The molecule has 1 aromatic carbocycles. The largest absolute Gasteiger partial charge is 0.508 e. The molecule has 1 fully saturated rings. The van der Waals surface area contributed by atoms with Crippen LogP contribution >= 0.6 is 0 Å². The van der Waals surface area contributed by atoms with E-state index in [4.69, 9.17) is 5.73 Å². The number of aromatic hydroxyl groups is 1. The van der Waals surface area contributed by atoms with Crippen LogP contribution in [0.15, 0.2) is 53.6 Å². The van der Waals surface area contributed by atoms with E-state index in [1.165, 1.54) is 6.07 Å². The summed E-state index contributed by atoms with van der Waals surface area (Å²) >= 11 is 0. The first-order valence-electron chi connectivity index (χ1n) is 11.0. The number of aliphatic hydroxyl groups excluding tert-OH is 2. The van der Waals surface area contributed by atoms with Crippen LogP contribution in [-0.2, 0) is 20.8 Å². The third-order valence-corrected chi connectivity index (χ3v) is 7.14. The molecule has 1 saturated carbocycles. The van der Waals surface area contributed by atoms with Gasteiger partial charge in [-0.3, -0.25) is 19.4 Å². The fourth-order valence-electron chi connectivity index (χ4n) is 5.46. The van der Waals surface area contributed by atoms with E-state index in [1.807, 2.05) is 24.3 Å². The van der Waals surface area contributed by atoms with Crippen LogP contribution < -0.4 is 5.73 Å². The molecule has 3 aliphatic rings. The van der Waals surface area contributed by atoms with Gasteiger partial charge >= 0.3 is 0 Å². The third kappa shape index (κ3) is 3.27. The van der Waals surface area contributed by atoms with E-state index in [9.17, 15) is 34.8 Å². The quantitative estimate of drug-likeness (QED) is 0.420. The van der Waals surface area contributed by atoms with E-state index in [0.29, 0.717) is 11.1 Å². The summed E-state index contributed by atoms with van der Waals surface area (Å²) in [5.41, 5.74) is 3.95. The normalized spacial score (nSPS) is 26.0. The molecule has 1 aromatic heterocycles. The zero-order chi connectivity index (χ0) is 25.1. The second-order valence-corrected chi connectivity index (χ2v) is 9.05. The summed E-state index contributed by atoms with van der Waals surface area (Å²) in [5, 5.41) is 43.5. The van der Waals surface area contributed by atoms with Crippen LogP contribution in [0.25, 0.3) is 17.9 Å². The summed E-state index contributed by atoms with van der Waals surface area (Å²) < 4.78 is 0. The number of hydrogen-bond acceptors (Lipinski definition) is 8. The molecule has 3 aliphatic carbocycles. The van der Waals surface area contributed by atoms with E-state index >= 15 is 0 Å². The molecule has 6 N–H and O–H groups in total. The van der Waals surface area contributed by atoms with Gasteiger partial charge in [0.15, 0.2) is 11.4 Å². The Balaban J connectivity index is 1.64. The van der Waals surface area contributed by atoms with Gasteiger partial charge in [-0.1, -0.05) is 18.2 Å². The minimum atomic E-state index is -2.57. The minimum Gasteiger partial charge on any atom is -0.508 e. The number of carbonyl (C=O) groups is 3. The second kappa shape index (κ2) is 7.92. The Kier molecular flexibility index (Phi) is 5.10. The lowest BCUT2D eigenvalue weighted by atomic mass is 9.59. The average Bonchev–Trinajstić information content (AvgIpc) is 2.81. The van der Waals surface area contributed by atoms with Crippen molar-refractivity contribution in [2.45, 2.75) is 24.9 Å². The van der Waals surface area contributed by atoms with E-state index in [0.717, 1.165) is 5.56 Å². The molecule has 0 spiro atoms. The van der Waals surface area contributed by atoms with Gasteiger partial charge in [0, 0.05) is 30.3 Å². The molecule has 0 saturated heterocycles. The number of benzene rings is 1. The highest BCUT2D eigenvalue weighted by Crippen LogP contribution is 2.52. The zero-order valence-corrected chi connectivity index (χ0v) is 18.4. The first-order chi connectivity index (χ1) is 16.6. The van der Waals surface area contributed by atoms with E-state index in [2.05, 4.69) is 4.98 Å². The van der Waals surface area contributed by atoms with Gasteiger partial charge in [-0.2, -0.15) is 0 Å². The molecule has 178 valence electrons. The van der Waals surface area contributed by atoms with Gasteiger partial charge in [0.2, 0.25) is 5.78 Å². The van der Waals surface area contributed by atoms with Gasteiger partial charge in [0.05, 0.1) is 5.56 Å². The third-order valence-electron chi connectivity index (χ3n) is 7.14. The minimum absolute atomic E-state index is 0.0639. The molecule has 2 aromatic rings. The molecule has 9 nitrogen and oxygen atoms in total. The number of carbonyl (C=O) groups excluding carboxylic acids is 3. The molecule has 1 amide bonds. The first-order valence-corrected chi connectivity index (χ1v) is 11.0. The molecule has 1 heterocycles. The van der Waals surface area contributed by atoms with Gasteiger partial charge < -0.3 is 26.2 Å². The maximum Gasteiger partial charge on any atom is 0.255 e. The number of amides is 1. The number of primary amides is 1. The topological polar surface area (TPSA) is 171 Å². The fourth-order valence-corrected chi connectivity index (χ4v) is 5.46. The highest BCUT2D eigenvalue weighted by molar-refractivity contribution is 6.22. The van der Waals surface area contributed by atoms with Gasteiger partial charge in [0.25, 0.3) is 5.91 Å². The van der Waals surface area contributed by atoms with Gasteiger partial charge in [-0.15, -0.1) is 0 Å². The van der Waals surface area contributed by atoms with Gasteiger partial charge in [-0.05, 0) is 53.6 Å². The van der Waals surface area contributed by atoms with Crippen LogP contribution in [0.4, 0.5) is 0 Å². The van der Waals surface area contributed by atoms with Crippen molar-refractivity contribution in [3.63, 3.8) is 0 Å². The number of ketones is 2. The van der Waals surface area contributed by atoms with Crippen LogP contribution in [0, 0.1) is 11.8 Å². The number of Topliss-reactive ketones (excluding diaryl/α,β-unsaturated/α-hetero) is 2. The average molecular weight is 474 g/mol. The number of phenols is 1. The molecule has 0 bridgehead atoms. The van der Waals surface area contributed by atoms with Crippen molar-refractivity contribution in [1.29, 1.82) is 0 Å². The van der Waals surface area contributed by atoms with Crippen molar-refractivity contribution in [3.05, 3.63) is 75.8 Å². The number of phenolic OH excluding ortho intramolecular Hbond substituents is 1. The van der Waals surface area contributed by atoms with Crippen molar-refractivity contribution in [2.24, 2.45) is 17.6 Å². The fraction of sp³-hybridized carbons (Fsp3) is 0.231. The highest BCUT2D eigenvalue weighted by Gasteiger charge is 2.60. The summed E-state index contributed by atoms with van der Waals surface area (Å²) in [5.74, 6) is -6.42. The number of nitrogens with zero attached hydrogens (tertiary/aromatic N) is 1. The van der Waals surface area contributed by atoms with Crippen molar-refractivity contribution in [3.8, 4) is 5.75 Å². The van der Waals surface area contributed by atoms with Crippen molar-refractivity contribution in [2.75, 3.05) is 0 Å². The Morgan fingerprint density at radius 1 is 1.06 bits per heavy atom. The summed E-state index contributed by atoms with van der Waals surface area (Å²) in [6.45, 7) is 0. The van der Waals surface area contributed by atoms with Crippen molar-refractivity contribution < 1.29 is 34.8 Å². The van der Waals surface area contributed by atoms with Crippen LogP contribution in [0.3, 0.4) is 0 Å². The number of pyridine rings is 1. The summed E-state index contributed by atoms with van der Waals surface area (Å²) in [7, 11) is 0. The molecular weight excluding hydrogens is 452 g/mol. The SMILES string of the molecule is NC(=O)C1=C(O)C2(O)C(=O)C3=C(O)c4c(O)ccc(/C=C/c5ccncc5)c4CC3CC2CC1=O. The Morgan fingerprint density at radius 3 is 2.46 bits per heavy atom. The van der Waals surface area contributed by atoms with Gasteiger partial charge in [-0.25, -0.2) is 0 Å². The molecule has 3 unspecified atom stereocenters. The number of rotatable bonds is 3. The van der Waals surface area contributed by atoms with Gasteiger partial charge in [0.1, 0.15) is 22.8 Å². The predicted octanol–water partition coefficient (Wildman–Crippen LogP) is 1.99. The zero-order valence-electron chi connectivity index (χ0n) is 18.4. The molecular formula is C26H22N2O7. The van der Waals surface area contributed by atoms with Crippen molar-refractivity contribution >= 4 is 35.4 Å². The number of aliphatic hydroxyl groups is 3. The molecule has 9 heteroatoms. The van der Waals surface area contributed by atoms with Crippen molar-refractivity contribution in [1.82, 2.24) is 4.98 Å². The molecule has 35 heavy (non-hydrogen) atoms. The number of nitrogens with two attached hydrogens (primary N) is 1. The Bertz CT molecular complexity index is 1390. The van der Waals surface area contributed by atoms with Crippen LogP contribution in [0.2, 0.25) is 0 Å². The van der Waals surface area contributed by atoms with Crippen LogP contribution in [0.1, 0.15) is 35.1 Å². The number of aromatic nitrogens is 1. The summed E-state index contributed by atoms with van der Waals surface area (Å²) in [6, 6.07) is 6.73. The molecule has 0 radical (unpaired) electrons. The van der Waals surface area contributed by atoms with Crippen LogP contribution in [-0.4, -0.2) is 48.5 Å². The number of fused-ring (bicyclic) bond motifs is 3. The maximum absolute atomic E-state index is 13.5. The van der Waals surface area contributed by atoms with E-state index < -0.39 is 52.0 Å². The smallest absolute Gasteiger partial charge is 0.255 e. The number of hydrogen-bond donors (Lipinski definition) is 5. The molecule has 0 aliphatic heterocycles. The molecule has 3 atom stereocenters. The lowest BCUT2D eigenvalue weighted by Crippen LogP contribution is -2.58. The lowest BCUT2D eigenvalue weighted by Gasteiger charge is -2.46. The Hall–Kier alpha value is -4.24. The molecule has 5 rings (SSSR count). The van der Waals surface area contributed by atoms with E-state index in [-0.39, 0.29) is 36.1 Å². The van der Waals surface area contributed by atoms with E-state index in [1.54, 1.807) is 18.5 Å². The monoisotopic (exact) mass is 474 g/mol. The Labute approximate surface area is 199 Å². The summed E-state index contributed by atoms with van der Waals surface area (Å²) in [6.07, 6.45) is 6.97. The lowest BCUT2D eigenvalue weighted by molar-refractivity contribution is -0.147. The highest BCUT2D eigenvalue weighted by atomic mass is 16.3.